The first-order valence-electron chi connectivity index (χ1n) is 21.1. The Bertz CT molecular complexity index is 2080. The molecule has 5 fully saturated rings. The van der Waals surface area contributed by atoms with E-state index in [0.717, 1.165) is 66.3 Å². The molecule has 59 heavy (non-hydrogen) atoms. The predicted molar refractivity (Wildman–Crippen MR) is 219 cm³/mol. The van der Waals surface area contributed by atoms with Crippen molar-refractivity contribution in [3.63, 3.8) is 0 Å². The Morgan fingerprint density at radius 3 is 1.36 bits per heavy atom. The van der Waals surface area contributed by atoms with E-state index in [1.165, 1.54) is 25.3 Å². The average Bonchev–Trinajstić information content (AvgIpc) is 4.16. The van der Waals surface area contributed by atoms with Crippen LogP contribution in [0.15, 0.2) is 60.9 Å². The van der Waals surface area contributed by atoms with Crippen LogP contribution in [0.25, 0.3) is 22.5 Å². The minimum absolute atomic E-state index is 0.0864. The SMILES string of the molecule is COC(=O)N[C@H](C(=O)N1[C@@H](c2ncc(-c3ccc([C@@H]4C[C@@H]4c4ccc(-c5cnc([C@@H]6C[C@H]7C[C@H]7N6C(=O)[C@H](NC(=O)OC)C(C)C)[nH]5)cc4)cc3)[nH]2)C[C@H]2C[C@H]21)C(C)C. The van der Waals surface area contributed by atoms with Crippen LogP contribution in [0.1, 0.15) is 106 Å². The van der Waals surface area contributed by atoms with Crippen molar-refractivity contribution < 1.29 is 28.7 Å². The predicted octanol–water partition coefficient (Wildman–Crippen LogP) is 6.82. The molecule has 0 unspecified atom stereocenters. The second-order valence-electron chi connectivity index (χ2n) is 17.9. The van der Waals surface area contributed by atoms with E-state index in [1.807, 2.05) is 49.9 Å². The van der Waals surface area contributed by atoms with Crippen LogP contribution >= 0.6 is 0 Å². The third-order valence-corrected chi connectivity index (χ3v) is 13.4. The molecule has 4 N–H and O–H groups in total. The van der Waals surface area contributed by atoms with Gasteiger partial charge in [-0.05, 0) is 89.9 Å². The Hall–Kier alpha value is -5.66. The molecule has 310 valence electrons. The number of rotatable bonds is 12. The number of aromatic nitrogens is 4. The Labute approximate surface area is 344 Å². The summed E-state index contributed by atoms with van der Waals surface area (Å²) >= 11 is 0. The molecule has 2 saturated heterocycles. The summed E-state index contributed by atoms with van der Waals surface area (Å²) in [4.78, 5) is 72.1. The van der Waals surface area contributed by atoms with Crippen LogP contribution in [-0.2, 0) is 19.1 Å². The zero-order chi connectivity index (χ0) is 41.3. The molecular formula is C45H54N8O6. The van der Waals surface area contributed by atoms with Crippen molar-refractivity contribution in [1.82, 2.24) is 40.4 Å². The van der Waals surface area contributed by atoms with Gasteiger partial charge in [0.05, 0.1) is 50.1 Å². The second-order valence-corrected chi connectivity index (χ2v) is 17.9. The molecule has 4 amide bonds. The number of benzene rings is 2. The van der Waals surface area contributed by atoms with Crippen molar-refractivity contribution in [2.75, 3.05) is 14.2 Å². The Morgan fingerprint density at radius 1 is 0.610 bits per heavy atom. The molecule has 2 aromatic heterocycles. The van der Waals surface area contributed by atoms with Gasteiger partial charge in [0, 0.05) is 12.1 Å². The highest BCUT2D eigenvalue weighted by Gasteiger charge is 2.57. The minimum Gasteiger partial charge on any atom is -0.453 e. The summed E-state index contributed by atoms with van der Waals surface area (Å²) in [6.07, 6.45) is 7.29. The molecule has 14 heteroatoms. The summed E-state index contributed by atoms with van der Waals surface area (Å²) in [5.41, 5.74) is 6.53. The highest BCUT2D eigenvalue weighted by Crippen LogP contribution is 2.56. The number of alkyl carbamates (subject to hydrolysis) is 2. The molecule has 0 bridgehead atoms. The largest absolute Gasteiger partial charge is 0.453 e. The summed E-state index contributed by atoms with van der Waals surface area (Å²) < 4.78 is 9.60. The normalized spacial score (nSPS) is 27.2. The van der Waals surface area contributed by atoms with Gasteiger partial charge in [-0.3, -0.25) is 9.59 Å². The molecule has 10 atom stereocenters. The highest BCUT2D eigenvalue weighted by atomic mass is 16.5. The fourth-order valence-electron chi connectivity index (χ4n) is 9.81. The molecule has 3 aliphatic carbocycles. The van der Waals surface area contributed by atoms with Crippen LogP contribution in [0.4, 0.5) is 9.59 Å². The number of nitrogens with one attached hydrogen (secondary N) is 4. The topological polar surface area (TPSA) is 175 Å². The number of likely N-dealkylation sites (tertiary alicyclic amines) is 2. The molecule has 3 saturated carbocycles. The first-order valence-corrected chi connectivity index (χ1v) is 21.1. The molecule has 4 aromatic rings. The molecule has 4 heterocycles. The van der Waals surface area contributed by atoms with Crippen molar-refractivity contribution in [3.05, 3.63) is 83.7 Å². The lowest BCUT2D eigenvalue weighted by Gasteiger charge is -2.31. The molecule has 0 radical (unpaired) electrons. The summed E-state index contributed by atoms with van der Waals surface area (Å²) in [5, 5.41) is 5.49. The van der Waals surface area contributed by atoms with Gasteiger partial charge in [0.2, 0.25) is 11.8 Å². The third-order valence-electron chi connectivity index (χ3n) is 13.4. The van der Waals surface area contributed by atoms with Gasteiger partial charge in [-0.25, -0.2) is 19.6 Å². The van der Waals surface area contributed by atoms with Crippen LogP contribution in [0, 0.1) is 23.7 Å². The fraction of sp³-hybridized carbons (Fsp3) is 0.511. The average molecular weight is 803 g/mol. The van der Waals surface area contributed by atoms with E-state index in [4.69, 9.17) is 19.4 Å². The van der Waals surface area contributed by atoms with Gasteiger partial charge < -0.3 is 39.9 Å². The Balaban J connectivity index is 0.827. The lowest BCUT2D eigenvalue weighted by atomic mass is 10.0. The number of nitrogens with zero attached hydrogens (tertiary/aromatic N) is 4. The number of imidazole rings is 2. The van der Waals surface area contributed by atoms with Crippen molar-refractivity contribution >= 4 is 24.0 Å². The molecule has 9 rings (SSSR count). The van der Waals surface area contributed by atoms with Gasteiger partial charge in [-0.15, -0.1) is 0 Å². The number of aromatic amines is 2. The van der Waals surface area contributed by atoms with E-state index in [2.05, 4.69) is 69.1 Å². The van der Waals surface area contributed by atoms with Gasteiger partial charge in [-0.1, -0.05) is 76.2 Å². The zero-order valence-electron chi connectivity index (χ0n) is 34.5. The molecule has 0 spiro atoms. The minimum atomic E-state index is -0.665. The van der Waals surface area contributed by atoms with E-state index >= 15 is 0 Å². The van der Waals surface area contributed by atoms with E-state index in [1.54, 1.807) is 0 Å². The number of hydrogen-bond acceptors (Lipinski definition) is 8. The number of H-pyrrole nitrogens is 2. The lowest BCUT2D eigenvalue weighted by molar-refractivity contribution is -0.137. The Kier molecular flexibility index (Phi) is 9.99. The van der Waals surface area contributed by atoms with E-state index in [0.29, 0.717) is 23.7 Å². The van der Waals surface area contributed by atoms with Crippen molar-refractivity contribution in [3.8, 4) is 22.5 Å². The van der Waals surface area contributed by atoms with Crippen LogP contribution in [0.2, 0.25) is 0 Å². The van der Waals surface area contributed by atoms with Crippen molar-refractivity contribution in [1.29, 1.82) is 0 Å². The standard InChI is InChI=1S/C45H54N8O6/c1-22(2)38(50-44(56)58-5)42(54)52-34-15-28(34)17-36(52)40-46-20-32(48-40)26-11-7-24(8-12-26)30-19-31(30)25-9-13-27(14-10-25)33-21-47-41(49-33)37-18-29-16-35(29)53(37)43(55)39(23(3)4)51-45(57)59-6/h7-14,20-23,28-31,34-39H,15-19H2,1-6H3,(H,46,48)(H,47,49)(H,50,56)(H,51,57)/t28-,29-,30-,31+,34-,35-,36+,37-,38-,39+/m1/s1. The Morgan fingerprint density at radius 2 is 1.00 bits per heavy atom. The van der Waals surface area contributed by atoms with Crippen LogP contribution in [0.5, 0.6) is 0 Å². The molecular weight excluding hydrogens is 749 g/mol. The second kappa shape index (κ2) is 15.2. The summed E-state index contributed by atoms with van der Waals surface area (Å²) in [6, 6.07) is 16.1. The number of carbonyl (C=O) groups excluding carboxylic acids is 4. The zero-order valence-corrected chi connectivity index (χ0v) is 34.5. The fourth-order valence-corrected chi connectivity index (χ4v) is 9.81. The van der Waals surface area contributed by atoms with Crippen LogP contribution in [0.3, 0.4) is 0 Å². The number of fused-ring (bicyclic) bond motifs is 2. The summed E-state index contributed by atoms with van der Waals surface area (Å²) in [7, 11) is 2.62. The maximum absolute atomic E-state index is 13.8. The van der Waals surface area contributed by atoms with Crippen LogP contribution in [-0.4, -0.2) is 92.1 Å². The maximum Gasteiger partial charge on any atom is 0.407 e. The van der Waals surface area contributed by atoms with Gasteiger partial charge in [-0.2, -0.15) is 0 Å². The highest BCUT2D eigenvalue weighted by molar-refractivity contribution is 5.88. The smallest absolute Gasteiger partial charge is 0.407 e. The van der Waals surface area contributed by atoms with Crippen molar-refractivity contribution in [2.24, 2.45) is 23.7 Å². The number of ether oxygens (including phenoxy) is 2. The van der Waals surface area contributed by atoms with E-state index < -0.39 is 24.3 Å². The number of methoxy groups -OCH3 is 2. The quantitative estimate of drug-likeness (QED) is 0.121. The van der Waals surface area contributed by atoms with Crippen molar-refractivity contribution in [2.45, 2.75) is 108 Å². The number of hydrogen-bond donors (Lipinski definition) is 4. The summed E-state index contributed by atoms with van der Waals surface area (Å²) in [6.45, 7) is 7.71. The number of amides is 4. The maximum atomic E-state index is 13.8. The van der Waals surface area contributed by atoms with Gasteiger partial charge in [0.25, 0.3) is 0 Å². The molecule has 5 aliphatic rings. The molecule has 2 aliphatic heterocycles. The van der Waals surface area contributed by atoms with Gasteiger partial charge >= 0.3 is 12.2 Å². The van der Waals surface area contributed by atoms with Gasteiger partial charge in [0.15, 0.2) is 0 Å². The number of carbonyl (C=O) groups is 4. The lowest BCUT2D eigenvalue weighted by Crippen LogP contribution is -2.52. The first kappa shape index (κ1) is 38.8. The first-order chi connectivity index (χ1) is 28.4. The monoisotopic (exact) mass is 802 g/mol. The van der Waals surface area contributed by atoms with Gasteiger partial charge in [0.1, 0.15) is 23.7 Å². The number of piperidine rings is 2. The molecule has 2 aromatic carbocycles. The van der Waals surface area contributed by atoms with E-state index in [-0.39, 0.29) is 47.8 Å². The van der Waals surface area contributed by atoms with E-state index in [9.17, 15) is 19.2 Å². The third kappa shape index (κ3) is 7.35. The molecule has 14 nitrogen and oxygen atoms in total. The van der Waals surface area contributed by atoms with Crippen LogP contribution < -0.4 is 10.6 Å². The summed E-state index contributed by atoms with van der Waals surface area (Å²) in [5.74, 6) is 3.03.